The third kappa shape index (κ3) is 5.19. The van der Waals surface area contributed by atoms with Crippen molar-refractivity contribution in [3.63, 3.8) is 0 Å². The Hall–Kier alpha value is -0.470. The summed E-state index contributed by atoms with van der Waals surface area (Å²) in [5.41, 5.74) is 0.631. The minimum atomic E-state index is -3.44. The Morgan fingerprint density at radius 1 is 1.37 bits per heavy atom. The largest absolute Gasteiger partial charge is 0.392 e. The summed E-state index contributed by atoms with van der Waals surface area (Å²) in [5, 5.41) is 10.6. The molecular weight excluding hydrogens is 284 g/mol. The summed E-state index contributed by atoms with van der Waals surface area (Å²) in [6, 6.07) is 1.51. The Morgan fingerprint density at radius 2 is 2.11 bits per heavy atom. The molecular formula is C12H22N2O3S2. The lowest BCUT2D eigenvalue weighted by Gasteiger charge is -2.19. The lowest BCUT2D eigenvalue weighted by Crippen LogP contribution is -2.35. The molecule has 19 heavy (non-hydrogen) atoms. The predicted octanol–water partition coefficient (Wildman–Crippen LogP) is 1.25. The zero-order valence-corrected chi connectivity index (χ0v) is 13.1. The van der Waals surface area contributed by atoms with E-state index in [2.05, 4.69) is 23.5 Å². The Bertz CT molecular complexity index is 471. The van der Waals surface area contributed by atoms with Gasteiger partial charge in [0.15, 0.2) is 0 Å². The molecule has 1 heterocycles. The van der Waals surface area contributed by atoms with E-state index in [9.17, 15) is 8.42 Å². The maximum absolute atomic E-state index is 12.0. The second-order valence-corrected chi connectivity index (χ2v) is 7.17. The summed E-state index contributed by atoms with van der Waals surface area (Å²) in [5.74, 6) is 0. The maximum atomic E-state index is 12.0. The summed E-state index contributed by atoms with van der Waals surface area (Å²) in [4.78, 5) is 2.20. The van der Waals surface area contributed by atoms with E-state index in [0.717, 1.165) is 30.8 Å². The van der Waals surface area contributed by atoms with Gasteiger partial charge in [0, 0.05) is 13.1 Å². The van der Waals surface area contributed by atoms with Crippen LogP contribution in [0.2, 0.25) is 0 Å². The molecule has 0 saturated heterocycles. The molecule has 0 unspecified atom stereocenters. The van der Waals surface area contributed by atoms with Crippen LogP contribution in [0.1, 0.15) is 25.8 Å². The van der Waals surface area contributed by atoms with Crippen molar-refractivity contribution < 1.29 is 13.5 Å². The minimum Gasteiger partial charge on any atom is -0.392 e. The Morgan fingerprint density at radius 3 is 2.63 bits per heavy atom. The second-order valence-electron chi connectivity index (χ2n) is 4.26. The standard InChI is InChI=1S/C12H22N2O3S2/c1-3-6-14(4-2)7-5-13-19(16,17)12-8-11(9-15)10-18-12/h8,10,13,15H,3-7,9H2,1-2H3. The molecule has 0 saturated carbocycles. The van der Waals surface area contributed by atoms with E-state index >= 15 is 0 Å². The number of aliphatic hydroxyl groups excluding tert-OH is 1. The fraction of sp³-hybridized carbons (Fsp3) is 0.667. The van der Waals surface area contributed by atoms with Gasteiger partial charge in [0.2, 0.25) is 10.0 Å². The topological polar surface area (TPSA) is 69.6 Å². The molecule has 0 atom stereocenters. The van der Waals surface area contributed by atoms with Crippen LogP contribution in [0.3, 0.4) is 0 Å². The van der Waals surface area contributed by atoms with Crippen LogP contribution in [0, 0.1) is 0 Å². The van der Waals surface area contributed by atoms with E-state index in [1.165, 1.54) is 6.07 Å². The number of nitrogens with one attached hydrogen (secondary N) is 1. The average molecular weight is 306 g/mol. The number of nitrogens with zero attached hydrogens (tertiary/aromatic N) is 1. The number of rotatable bonds is 9. The van der Waals surface area contributed by atoms with Gasteiger partial charge in [-0.05, 0) is 36.5 Å². The summed E-state index contributed by atoms with van der Waals surface area (Å²) in [6.45, 7) is 7.05. The van der Waals surface area contributed by atoms with Gasteiger partial charge in [0.25, 0.3) is 0 Å². The molecule has 0 aliphatic carbocycles. The number of hydrogen-bond donors (Lipinski definition) is 2. The van der Waals surface area contributed by atoms with E-state index in [-0.39, 0.29) is 10.8 Å². The molecule has 0 fully saturated rings. The monoisotopic (exact) mass is 306 g/mol. The van der Waals surface area contributed by atoms with Crippen LogP contribution >= 0.6 is 11.3 Å². The molecule has 0 aromatic carbocycles. The van der Waals surface area contributed by atoms with Gasteiger partial charge in [-0.3, -0.25) is 0 Å². The van der Waals surface area contributed by atoms with Crippen LogP contribution < -0.4 is 4.72 Å². The lowest BCUT2D eigenvalue weighted by atomic mass is 10.4. The third-order valence-electron chi connectivity index (χ3n) is 2.78. The SMILES string of the molecule is CCCN(CC)CCNS(=O)(=O)c1cc(CO)cs1. The minimum absolute atomic E-state index is 0.133. The number of thiophene rings is 1. The first-order chi connectivity index (χ1) is 9.03. The quantitative estimate of drug-likeness (QED) is 0.720. The molecule has 0 bridgehead atoms. The van der Waals surface area contributed by atoms with Gasteiger partial charge in [0.1, 0.15) is 4.21 Å². The third-order valence-corrected chi connectivity index (χ3v) is 5.73. The molecule has 0 aliphatic rings. The molecule has 7 heteroatoms. The van der Waals surface area contributed by atoms with Crippen molar-refractivity contribution in [3.05, 3.63) is 17.0 Å². The highest BCUT2D eigenvalue weighted by atomic mass is 32.2. The molecule has 1 aromatic rings. The highest BCUT2D eigenvalue weighted by Gasteiger charge is 2.16. The smallest absolute Gasteiger partial charge is 0.250 e. The first-order valence-corrected chi connectivity index (χ1v) is 8.80. The van der Waals surface area contributed by atoms with Gasteiger partial charge in [-0.15, -0.1) is 11.3 Å². The van der Waals surface area contributed by atoms with Crippen LogP contribution in [0.5, 0.6) is 0 Å². The van der Waals surface area contributed by atoms with E-state index in [4.69, 9.17) is 5.11 Å². The molecule has 0 aliphatic heterocycles. The molecule has 1 rings (SSSR count). The average Bonchev–Trinajstić information content (AvgIpc) is 2.87. The summed E-state index contributed by atoms with van der Waals surface area (Å²) < 4.78 is 26.8. The number of hydrogen-bond acceptors (Lipinski definition) is 5. The molecule has 2 N–H and O–H groups in total. The Balaban J connectivity index is 2.51. The molecule has 110 valence electrons. The van der Waals surface area contributed by atoms with Crippen LogP contribution in [-0.2, 0) is 16.6 Å². The fourth-order valence-corrected chi connectivity index (χ4v) is 4.00. The van der Waals surface area contributed by atoms with Crippen molar-refractivity contribution in [2.24, 2.45) is 0 Å². The predicted molar refractivity (Wildman–Crippen MR) is 77.8 cm³/mol. The van der Waals surface area contributed by atoms with Crippen molar-refractivity contribution in [2.75, 3.05) is 26.2 Å². The fourth-order valence-electron chi connectivity index (χ4n) is 1.73. The van der Waals surface area contributed by atoms with E-state index < -0.39 is 10.0 Å². The van der Waals surface area contributed by atoms with Crippen molar-refractivity contribution in [2.45, 2.75) is 31.1 Å². The lowest BCUT2D eigenvalue weighted by molar-refractivity contribution is 0.282. The zero-order valence-electron chi connectivity index (χ0n) is 11.4. The summed E-state index contributed by atoms with van der Waals surface area (Å²) in [7, 11) is -3.44. The number of aliphatic hydroxyl groups is 1. The second kappa shape index (κ2) is 7.96. The molecule has 0 amide bonds. The van der Waals surface area contributed by atoms with Gasteiger partial charge in [-0.25, -0.2) is 13.1 Å². The normalized spacial score (nSPS) is 12.2. The molecule has 0 radical (unpaired) electrons. The van der Waals surface area contributed by atoms with Gasteiger partial charge in [-0.1, -0.05) is 13.8 Å². The van der Waals surface area contributed by atoms with Crippen LogP contribution in [-0.4, -0.2) is 44.6 Å². The van der Waals surface area contributed by atoms with E-state index in [0.29, 0.717) is 18.7 Å². The maximum Gasteiger partial charge on any atom is 0.250 e. The Kier molecular flexibility index (Phi) is 6.95. The first kappa shape index (κ1) is 16.6. The molecule has 5 nitrogen and oxygen atoms in total. The van der Waals surface area contributed by atoms with Gasteiger partial charge >= 0.3 is 0 Å². The van der Waals surface area contributed by atoms with Gasteiger partial charge < -0.3 is 10.0 Å². The van der Waals surface area contributed by atoms with Gasteiger partial charge in [0.05, 0.1) is 6.61 Å². The molecule has 0 spiro atoms. The van der Waals surface area contributed by atoms with Crippen LogP contribution in [0.15, 0.2) is 15.7 Å². The zero-order chi connectivity index (χ0) is 14.3. The van der Waals surface area contributed by atoms with E-state index in [1.807, 2.05) is 0 Å². The molecule has 1 aromatic heterocycles. The highest BCUT2D eigenvalue weighted by molar-refractivity contribution is 7.91. The van der Waals surface area contributed by atoms with Crippen molar-refractivity contribution in [1.82, 2.24) is 9.62 Å². The first-order valence-electron chi connectivity index (χ1n) is 6.43. The number of sulfonamides is 1. The summed E-state index contributed by atoms with van der Waals surface area (Å²) >= 11 is 1.13. The number of likely N-dealkylation sites (N-methyl/N-ethyl adjacent to an activating group) is 1. The van der Waals surface area contributed by atoms with Crippen molar-refractivity contribution in [3.8, 4) is 0 Å². The van der Waals surface area contributed by atoms with Crippen LogP contribution in [0.25, 0.3) is 0 Å². The Labute approximate surface area is 119 Å². The van der Waals surface area contributed by atoms with Crippen LogP contribution in [0.4, 0.5) is 0 Å². The highest BCUT2D eigenvalue weighted by Crippen LogP contribution is 2.19. The summed E-state index contributed by atoms with van der Waals surface area (Å²) in [6.07, 6.45) is 1.06. The van der Waals surface area contributed by atoms with E-state index in [1.54, 1.807) is 5.38 Å². The van der Waals surface area contributed by atoms with Crippen molar-refractivity contribution >= 4 is 21.4 Å². The van der Waals surface area contributed by atoms with Crippen molar-refractivity contribution in [1.29, 1.82) is 0 Å². The van der Waals surface area contributed by atoms with Gasteiger partial charge in [-0.2, -0.15) is 0 Å².